The third-order valence-corrected chi connectivity index (χ3v) is 4.72. The molecule has 0 aromatic heterocycles. The van der Waals surface area contributed by atoms with Crippen molar-refractivity contribution in [1.29, 1.82) is 0 Å². The second kappa shape index (κ2) is 9.19. The number of carboxylic acids is 1. The first-order chi connectivity index (χ1) is 13.5. The van der Waals surface area contributed by atoms with Gasteiger partial charge in [-0.25, -0.2) is 9.59 Å². The van der Waals surface area contributed by atoms with Crippen molar-refractivity contribution < 1.29 is 19.4 Å². The first-order valence-corrected chi connectivity index (χ1v) is 9.28. The monoisotopic (exact) mass is 380 g/mol. The summed E-state index contributed by atoms with van der Waals surface area (Å²) in [6.45, 7) is 1.81. The predicted molar refractivity (Wildman–Crippen MR) is 109 cm³/mol. The van der Waals surface area contributed by atoms with Gasteiger partial charge in [0.2, 0.25) is 0 Å². The van der Waals surface area contributed by atoms with Crippen molar-refractivity contribution in [2.24, 2.45) is 0 Å². The van der Waals surface area contributed by atoms with Crippen LogP contribution in [-0.4, -0.2) is 48.3 Å². The van der Waals surface area contributed by atoms with Crippen molar-refractivity contribution in [1.82, 2.24) is 4.90 Å². The van der Waals surface area contributed by atoms with Gasteiger partial charge in [-0.15, -0.1) is 0 Å². The first kappa shape index (κ1) is 19.6. The summed E-state index contributed by atoms with van der Waals surface area (Å²) in [6.07, 6.45) is 3.61. The standard InChI is InChI=1S/C22H24N2O4/c1-24-13-11-18(12-14-24)28-22(27)23-20-15-16(8-10-21(25)26)7-9-19(20)17-5-3-2-4-6-17/h2-10,15,18H,11-14H2,1H3,(H,23,27)(H,25,26)/b10-8+. The molecule has 6 nitrogen and oxygen atoms in total. The van der Waals surface area contributed by atoms with Crippen LogP contribution in [0, 0.1) is 0 Å². The van der Waals surface area contributed by atoms with Crippen molar-refractivity contribution in [2.45, 2.75) is 18.9 Å². The molecule has 146 valence electrons. The van der Waals surface area contributed by atoms with Gasteiger partial charge in [-0.2, -0.15) is 0 Å². The fraction of sp³-hybridized carbons (Fsp3) is 0.273. The molecule has 1 saturated heterocycles. The zero-order valence-electron chi connectivity index (χ0n) is 15.8. The molecule has 1 aliphatic rings. The Morgan fingerprint density at radius 3 is 2.54 bits per heavy atom. The summed E-state index contributed by atoms with van der Waals surface area (Å²) in [5.41, 5.74) is 3.05. The normalized spacial score (nSPS) is 15.5. The van der Waals surface area contributed by atoms with Gasteiger partial charge >= 0.3 is 12.1 Å². The van der Waals surface area contributed by atoms with E-state index in [1.165, 1.54) is 6.08 Å². The average molecular weight is 380 g/mol. The molecule has 1 aliphatic heterocycles. The zero-order chi connectivity index (χ0) is 19.9. The van der Waals surface area contributed by atoms with E-state index in [0.29, 0.717) is 11.3 Å². The zero-order valence-corrected chi connectivity index (χ0v) is 15.8. The maximum atomic E-state index is 12.5. The molecule has 2 aromatic carbocycles. The van der Waals surface area contributed by atoms with E-state index in [1.807, 2.05) is 42.5 Å². The second-order valence-electron chi connectivity index (χ2n) is 6.88. The Labute approximate surface area is 164 Å². The molecule has 0 saturated carbocycles. The van der Waals surface area contributed by atoms with E-state index >= 15 is 0 Å². The van der Waals surface area contributed by atoms with E-state index in [2.05, 4.69) is 17.3 Å². The van der Waals surface area contributed by atoms with Crippen LogP contribution < -0.4 is 5.32 Å². The number of rotatable bonds is 5. The number of benzene rings is 2. The molecule has 0 radical (unpaired) electrons. The number of carbonyl (C=O) groups excluding carboxylic acids is 1. The van der Waals surface area contributed by atoms with Gasteiger partial charge in [0.1, 0.15) is 6.10 Å². The largest absolute Gasteiger partial charge is 0.478 e. The summed E-state index contributed by atoms with van der Waals surface area (Å²) in [7, 11) is 2.05. The minimum atomic E-state index is -1.02. The summed E-state index contributed by atoms with van der Waals surface area (Å²) in [4.78, 5) is 25.5. The van der Waals surface area contributed by atoms with Crippen molar-refractivity contribution in [3.05, 3.63) is 60.2 Å². The topological polar surface area (TPSA) is 78.9 Å². The number of amides is 1. The van der Waals surface area contributed by atoms with Gasteiger partial charge < -0.3 is 14.7 Å². The van der Waals surface area contributed by atoms with Crippen LogP contribution in [0.3, 0.4) is 0 Å². The van der Waals surface area contributed by atoms with E-state index in [4.69, 9.17) is 9.84 Å². The molecular weight excluding hydrogens is 356 g/mol. The Hall–Kier alpha value is -3.12. The first-order valence-electron chi connectivity index (χ1n) is 9.28. The van der Waals surface area contributed by atoms with Crippen LogP contribution in [-0.2, 0) is 9.53 Å². The van der Waals surface area contributed by atoms with Crippen LogP contribution in [0.5, 0.6) is 0 Å². The molecule has 2 N–H and O–H groups in total. The number of hydrogen-bond acceptors (Lipinski definition) is 4. The molecule has 0 spiro atoms. The Balaban J connectivity index is 1.80. The highest BCUT2D eigenvalue weighted by Crippen LogP contribution is 2.30. The summed E-state index contributed by atoms with van der Waals surface area (Å²) in [6, 6.07) is 15.1. The van der Waals surface area contributed by atoms with Crippen LogP contribution in [0.1, 0.15) is 18.4 Å². The van der Waals surface area contributed by atoms with Crippen molar-refractivity contribution in [3.8, 4) is 11.1 Å². The maximum Gasteiger partial charge on any atom is 0.411 e. The number of ether oxygens (including phenoxy) is 1. The number of hydrogen-bond donors (Lipinski definition) is 2. The van der Waals surface area contributed by atoms with Gasteiger partial charge in [-0.1, -0.05) is 42.5 Å². The van der Waals surface area contributed by atoms with Gasteiger partial charge in [0.15, 0.2) is 0 Å². The van der Waals surface area contributed by atoms with Crippen molar-refractivity contribution >= 4 is 23.8 Å². The lowest BCUT2D eigenvalue weighted by atomic mass is 10.0. The van der Waals surface area contributed by atoms with E-state index < -0.39 is 12.1 Å². The van der Waals surface area contributed by atoms with Crippen LogP contribution in [0.25, 0.3) is 17.2 Å². The van der Waals surface area contributed by atoms with E-state index in [9.17, 15) is 9.59 Å². The summed E-state index contributed by atoms with van der Waals surface area (Å²) >= 11 is 0. The van der Waals surface area contributed by atoms with Gasteiger partial charge in [-0.05, 0) is 43.2 Å². The minimum Gasteiger partial charge on any atom is -0.478 e. The van der Waals surface area contributed by atoms with Crippen LogP contribution in [0.15, 0.2) is 54.6 Å². The van der Waals surface area contributed by atoms with E-state index in [1.54, 1.807) is 6.07 Å². The van der Waals surface area contributed by atoms with Gasteiger partial charge in [0.25, 0.3) is 0 Å². The van der Waals surface area contributed by atoms with Gasteiger partial charge in [0, 0.05) is 24.7 Å². The molecule has 3 rings (SSSR count). The molecule has 2 aromatic rings. The Morgan fingerprint density at radius 2 is 1.86 bits per heavy atom. The quantitative estimate of drug-likeness (QED) is 0.764. The predicted octanol–water partition coefficient (Wildman–Crippen LogP) is 4.09. The van der Waals surface area contributed by atoms with Crippen LogP contribution in [0.4, 0.5) is 10.5 Å². The lowest BCUT2D eigenvalue weighted by Gasteiger charge is -2.28. The third kappa shape index (κ3) is 5.44. The number of carboxylic acid groups (broad SMARTS) is 1. The molecule has 6 heteroatoms. The smallest absolute Gasteiger partial charge is 0.411 e. The number of nitrogens with one attached hydrogen (secondary N) is 1. The average Bonchev–Trinajstić information content (AvgIpc) is 2.69. The molecule has 1 amide bonds. The molecular formula is C22H24N2O4. The Bertz CT molecular complexity index is 856. The van der Waals surface area contributed by atoms with Crippen LogP contribution >= 0.6 is 0 Å². The molecule has 1 fully saturated rings. The summed E-state index contributed by atoms with van der Waals surface area (Å²) in [5.74, 6) is -1.02. The van der Waals surface area contributed by atoms with E-state index in [0.717, 1.165) is 43.1 Å². The molecule has 1 heterocycles. The maximum absolute atomic E-state index is 12.5. The van der Waals surface area contributed by atoms with E-state index in [-0.39, 0.29) is 6.10 Å². The molecule has 0 bridgehead atoms. The third-order valence-electron chi connectivity index (χ3n) is 4.72. The molecule has 0 aliphatic carbocycles. The summed E-state index contributed by atoms with van der Waals surface area (Å²) < 4.78 is 5.58. The van der Waals surface area contributed by atoms with Gasteiger partial charge in [0.05, 0.1) is 5.69 Å². The fourth-order valence-corrected chi connectivity index (χ4v) is 3.20. The van der Waals surface area contributed by atoms with Gasteiger partial charge in [-0.3, -0.25) is 5.32 Å². The number of likely N-dealkylation sites (tertiary alicyclic amines) is 1. The lowest BCUT2D eigenvalue weighted by molar-refractivity contribution is -0.131. The number of anilines is 1. The highest BCUT2D eigenvalue weighted by Gasteiger charge is 2.21. The molecule has 0 unspecified atom stereocenters. The highest BCUT2D eigenvalue weighted by atomic mass is 16.6. The number of aliphatic carboxylic acids is 1. The number of carbonyl (C=O) groups is 2. The second-order valence-corrected chi connectivity index (χ2v) is 6.88. The lowest BCUT2D eigenvalue weighted by Crippen LogP contribution is -2.36. The Kier molecular flexibility index (Phi) is 6.45. The molecule has 0 atom stereocenters. The van der Waals surface area contributed by atoms with Crippen molar-refractivity contribution in [3.63, 3.8) is 0 Å². The SMILES string of the molecule is CN1CCC(OC(=O)Nc2cc(/C=C/C(=O)O)ccc2-c2ccccc2)CC1. The number of piperidine rings is 1. The minimum absolute atomic E-state index is 0.0912. The number of nitrogens with zero attached hydrogens (tertiary/aromatic N) is 1. The fourth-order valence-electron chi connectivity index (χ4n) is 3.20. The highest BCUT2D eigenvalue weighted by molar-refractivity contribution is 5.93. The molecule has 28 heavy (non-hydrogen) atoms. The summed E-state index contributed by atoms with van der Waals surface area (Å²) in [5, 5.41) is 11.7. The van der Waals surface area contributed by atoms with Crippen LogP contribution in [0.2, 0.25) is 0 Å². The Morgan fingerprint density at radius 1 is 1.14 bits per heavy atom. The van der Waals surface area contributed by atoms with Crippen molar-refractivity contribution in [2.75, 3.05) is 25.5 Å².